The highest BCUT2D eigenvalue weighted by molar-refractivity contribution is 5.53. The lowest BCUT2D eigenvalue weighted by molar-refractivity contribution is 0.809. The van der Waals surface area contributed by atoms with Gasteiger partial charge in [0.2, 0.25) is 0 Å². The maximum atomic E-state index is 5.58. The Balaban J connectivity index is 2.48. The summed E-state index contributed by atoms with van der Waals surface area (Å²) in [5.41, 5.74) is 7.34. The van der Waals surface area contributed by atoms with Gasteiger partial charge in [0.25, 0.3) is 0 Å². The quantitative estimate of drug-likeness (QED) is 0.681. The average molecular weight is 177 g/mol. The molecule has 3 nitrogen and oxygen atoms in total. The molecule has 0 aromatic carbocycles. The van der Waals surface area contributed by atoms with Gasteiger partial charge >= 0.3 is 0 Å². The monoisotopic (exact) mass is 177 g/mol. The van der Waals surface area contributed by atoms with Crippen LogP contribution in [0.1, 0.15) is 12.0 Å². The highest BCUT2D eigenvalue weighted by Gasteiger charge is 1.87. The fourth-order valence-corrected chi connectivity index (χ4v) is 1.01. The Morgan fingerprint density at radius 1 is 1.54 bits per heavy atom. The van der Waals surface area contributed by atoms with Gasteiger partial charge in [-0.1, -0.05) is 12.2 Å². The number of anilines is 1. The Morgan fingerprint density at radius 2 is 2.38 bits per heavy atom. The first-order valence-corrected chi connectivity index (χ1v) is 4.34. The molecule has 0 atom stereocenters. The first-order valence-electron chi connectivity index (χ1n) is 4.34. The molecule has 0 aliphatic heterocycles. The molecule has 0 radical (unpaired) electrons. The molecule has 3 N–H and O–H groups in total. The van der Waals surface area contributed by atoms with E-state index < -0.39 is 0 Å². The number of nitrogen functional groups attached to an aromatic ring is 1. The van der Waals surface area contributed by atoms with Crippen LogP contribution in [0.3, 0.4) is 0 Å². The van der Waals surface area contributed by atoms with Crippen molar-refractivity contribution >= 4 is 11.8 Å². The highest BCUT2D eigenvalue weighted by Crippen LogP contribution is 2.05. The summed E-state index contributed by atoms with van der Waals surface area (Å²) in [4.78, 5) is 3.99. The van der Waals surface area contributed by atoms with Gasteiger partial charge in [-0.15, -0.1) is 0 Å². The Hall–Kier alpha value is -1.35. The number of pyridine rings is 1. The zero-order valence-corrected chi connectivity index (χ0v) is 7.83. The van der Waals surface area contributed by atoms with Crippen LogP contribution >= 0.6 is 0 Å². The van der Waals surface area contributed by atoms with E-state index in [1.807, 2.05) is 19.2 Å². The second kappa shape index (κ2) is 5.32. The Morgan fingerprint density at radius 3 is 3.08 bits per heavy atom. The molecule has 0 saturated carbocycles. The molecule has 1 aromatic heterocycles. The first-order chi connectivity index (χ1) is 6.33. The third kappa shape index (κ3) is 3.71. The maximum Gasteiger partial charge on any atom is 0.0506 e. The van der Waals surface area contributed by atoms with E-state index in [1.54, 1.807) is 12.4 Å². The van der Waals surface area contributed by atoms with E-state index in [9.17, 15) is 0 Å². The van der Waals surface area contributed by atoms with Crippen LogP contribution < -0.4 is 11.1 Å². The fraction of sp³-hybridized carbons (Fsp3) is 0.300. The molecule has 0 bridgehead atoms. The lowest BCUT2D eigenvalue weighted by atomic mass is 10.2. The average Bonchev–Trinajstić information content (AvgIpc) is 2.13. The van der Waals surface area contributed by atoms with Crippen molar-refractivity contribution in [2.24, 2.45) is 0 Å². The molecule has 0 unspecified atom stereocenters. The molecule has 0 fully saturated rings. The van der Waals surface area contributed by atoms with Crippen molar-refractivity contribution in [1.29, 1.82) is 0 Å². The molecular formula is C10H15N3. The van der Waals surface area contributed by atoms with Gasteiger partial charge in [-0.05, 0) is 31.6 Å². The largest absolute Gasteiger partial charge is 0.397 e. The van der Waals surface area contributed by atoms with Gasteiger partial charge in [0.05, 0.1) is 5.69 Å². The molecule has 0 spiro atoms. The van der Waals surface area contributed by atoms with Gasteiger partial charge in [0.15, 0.2) is 0 Å². The minimum absolute atomic E-state index is 0.704. The minimum atomic E-state index is 0.704. The van der Waals surface area contributed by atoms with Gasteiger partial charge < -0.3 is 11.1 Å². The summed E-state index contributed by atoms with van der Waals surface area (Å²) in [6.07, 6.45) is 8.59. The molecule has 1 heterocycles. The summed E-state index contributed by atoms with van der Waals surface area (Å²) < 4.78 is 0. The number of nitrogens with zero attached hydrogens (tertiary/aromatic N) is 1. The van der Waals surface area contributed by atoms with Crippen molar-refractivity contribution < 1.29 is 0 Å². The molecule has 70 valence electrons. The molecule has 13 heavy (non-hydrogen) atoms. The number of hydrogen-bond acceptors (Lipinski definition) is 3. The van der Waals surface area contributed by atoms with Crippen LogP contribution in [0, 0.1) is 0 Å². The van der Waals surface area contributed by atoms with Crippen LogP contribution in [0.4, 0.5) is 5.69 Å². The van der Waals surface area contributed by atoms with Crippen LogP contribution in [-0.4, -0.2) is 18.6 Å². The van der Waals surface area contributed by atoms with Gasteiger partial charge in [0.1, 0.15) is 0 Å². The number of aromatic nitrogens is 1. The smallest absolute Gasteiger partial charge is 0.0506 e. The van der Waals surface area contributed by atoms with Crippen molar-refractivity contribution in [3.63, 3.8) is 0 Å². The topological polar surface area (TPSA) is 50.9 Å². The van der Waals surface area contributed by atoms with E-state index in [0.717, 1.165) is 18.5 Å². The Labute approximate surface area is 78.7 Å². The summed E-state index contributed by atoms with van der Waals surface area (Å²) in [6, 6.07) is 1.91. The van der Waals surface area contributed by atoms with E-state index in [-0.39, 0.29) is 0 Å². The SMILES string of the molecule is CNCC/C=C/c1cncc(N)c1. The zero-order valence-electron chi connectivity index (χ0n) is 7.83. The second-order valence-electron chi connectivity index (χ2n) is 2.85. The standard InChI is InChI=1S/C10H15N3/c1-12-5-3-2-4-9-6-10(11)8-13-7-9/h2,4,6-8,12H,3,5,11H2,1H3/b4-2+. The Kier molecular flexibility index (Phi) is 3.99. The second-order valence-corrected chi connectivity index (χ2v) is 2.85. The fourth-order valence-electron chi connectivity index (χ4n) is 1.01. The molecule has 0 saturated heterocycles. The Bertz CT molecular complexity index is 281. The lowest BCUT2D eigenvalue weighted by Crippen LogP contribution is -2.05. The highest BCUT2D eigenvalue weighted by atomic mass is 14.8. The van der Waals surface area contributed by atoms with Crippen molar-refractivity contribution in [3.8, 4) is 0 Å². The van der Waals surface area contributed by atoms with Gasteiger partial charge in [0, 0.05) is 12.4 Å². The first kappa shape index (κ1) is 9.74. The summed E-state index contributed by atoms with van der Waals surface area (Å²) in [7, 11) is 1.94. The number of hydrogen-bond donors (Lipinski definition) is 2. The molecule has 0 aliphatic carbocycles. The minimum Gasteiger partial charge on any atom is -0.397 e. The van der Waals surface area contributed by atoms with Crippen LogP contribution in [0.15, 0.2) is 24.5 Å². The van der Waals surface area contributed by atoms with Crippen LogP contribution in [0.25, 0.3) is 6.08 Å². The van der Waals surface area contributed by atoms with Crippen molar-refractivity contribution in [2.75, 3.05) is 19.3 Å². The van der Waals surface area contributed by atoms with Crippen LogP contribution in [-0.2, 0) is 0 Å². The predicted molar refractivity (Wildman–Crippen MR) is 56.2 cm³/mol. The van der Waals surface area contributed by atoms with Crippen molar-refractivity contribution in [3.05, 3.63) is 30.1 Å². The summed E-state index contributed by atoms with van der Waals surface area (Å²) >= 11 is 0. The molecule has 0 amide bonds. The van der Waals surface area contributed by atoms with E-state index in [4.69, 9.17) is 5.73 Å². The van der Waals surface area contributed by atoms with Crippen LogP contribution in [0.2, 0.25) is 0 Å². The van der Waals surface area contributed by atoms with Gasteiger partial charge in [-0.3, -0.25) is 4.98 Å². The molecule has 3 heteroatoms. The molecule has 0 aliphatic rings. The number of nitrogens with two attached hydrogens (primary N) is 1. The molecule has 1 aromatic rings. The van der Waals surface area contributed by atoms with E-state index in [2.05, 4.69) is 16.4 Å². The zero-order chi connectivity index (χ0) is 9.52. The van der Waals surface area contributed by atoms with Crippen molar-refractivity contribution in [2.45, 2.75) is 6.42 Å². The number of nitrogens with one attached hydrogen (secondary N) is 1. The van der Waals surface area contributed by atoms with Gasteiger partial charge in [-0.25, -0.2) is 0 Å². The van der Waals surface area contributed by atoms with Gasteiger partial charge in [-0.2, -0.15) is 0 Å². The summed E-state index contributed by atoms with van der Waals surface area (Å²) in [5.74, 6) is 0. The van der Waals surface area contributed by atoms with Crippen molar-refractivity contribution in [1.82, 2.24) is 10.3 Å². The van der Waals surface area contributed by atoms with E-state index in [0.29, 0.717) is 5.69 Å². The normalized spacial score (nSPS) is 10.8. The third-order valence-corrected chi connectivity index (χ3v) is 1.65. The lowest BCUT2D eigenvalue weighted by Gasteiger charge is -1.95. The maximum absolute atomic E-state index is 5.58. The summed E-state index contributed by atoms with van der Waals surface area (Å²) in [5, 5.41) is 3.07. The predicted octanol–water partition coefficient (Wildman–Crippen LogP) is 1.29. The molecular weight excluding hydrogens is 162 g/mol. The summed E-state index contributed by atoms with van der Waals surface area (Å²) in [6.45, 7) is 0.992. The number of rotatable bonds is 4. The van der Waals surface area contributed by atoms with E-state index in [1.165, 1.54) is 0 Å². The van der Waals surface area contributed by atoms with E-state index >= 15 is 0 Å². The van der Waals surface area contributed by atoms with Crippen LogP contribution in [0.5, 0.6) is 0 Å². The third-order valence-electron chi connectivity index (χ3n) is 1.65. The molecule has 1 rings (SSSR count).